The van der Waals surface area contributed by atoms with Crippen LogP contribution in [0.25, 0.3) is 0 Å². The number of likely N-dealkylation sites (tertiary alicyclic amines) is 1. The molecule has 1 aliphatic heterocycles. The fourth-order valence-electron chi connectivity index (χ4n) is 3.49. The molecule has 142 valence electrons. The Kier molecular flexibility index (Phi) is 6.12. The summed E-state index contributed by atoms with van der Waals surface area (Å²) in [7, 11) is 1.87. The van der Waals surface area contributed by atoms with Crippen molar-refractivity contribution in [2.75, 3.05) is 25.5 Å². The van der Waals surface area contributed by atoms with Gasteiger partial charge in [0.05, 0.1) is 6.04 Å². The van der Waals surface area contributed by atoms with Crippen LogP contribution < -0.4 is 5.32 Å². The van der Waals surface area contributed by atoms with Gasteiger partial charge in [-0.3, -0.25) is 4.79 Å². The lowest BCUT2D eigenvalue weighted by atomic mass is 9.94. The van der Waals surface area contributed by atoms with E-state index >= 15 is 0 Å². The van der Waals surface area contributed by atoms with Crippen LogP contribution in [0.3, 0.4) is 0 Å². The van der Waals surface area contributed by atoms with Crippen molar-refractivity contribution in [2.24, 2.45) is 5.92 Å². The first-order chi connectivity index (χ1) is 13.1. The second-order valence-corrected chi connectivity index (χ2v) is 7.09. The molecule has 1 atom stereocenters. The lowest BCUT2D eigenvalue weighted by molar-refractivity contribution is -0.137. The molecule has 1 unspecified atom stereocenters. The average Bonchev–Trinajstić information content (AvgIpc) is 2.73. The van der Waals surface area contributed by atoms with E-state index in [-0.39, 0.29) is 23.9 Å². The van der Waals surface area contributed by atoms with E-state index in [9.17, 15) is 9.59 Å². The van der Waals surface area contributed by atoms with Gasteiger partial charge in [-0.1, -0.05) is 48.5 Å². The van der Waals surface area contributed by atoms with Gasteiger partial charge in [-0.05, 0) is 37.5 Å². The fourth-order valence-corrected chi connectivity index (χ4v) is 3.49. The summed E-state index contributed by atoms with van der Waals surface area (Å²) in [6.45, 7) is 3.25. The number of benzene rings is 2. The van der Waals surface area contributed by atoms with Crippen LogP contribution in [0.2, 0.25) is 0 Å². The van der Waals surface area contributed by atoms with Crippen LogP contribution in [0.5, 0.6) is 0 Å². The summed E-state index contributed by atoms with van der Waals surface area (Å²) in [6, 6.07) is 19.4. The normalized spacial score (nSPS) is 15.9. The number of carbonyl (C=O) groups excluding carboxylic acids is 2. The van der Waals surface area contributed by atoms with E-state index in [0.29, 0.717) is 25.9 Å². The van der Waals surface area contributed by atoms with Gasteiger partial charge in [0.2, 0.25) is 5.91 Å². The minimum absolute atomic E-state index is 0.0260. The molecule has 27 heavy (non-hydrogen) atoms. The van der Waals surface area contributed by atoms with E-state index in [1.807, 2.05) is 72.6 Å². The van der Waals surface area contributed by atoms with Gasteiger partial charge in [0.25, 0.3) is 0 Å². The van der Waals surface area contributed by atoms with E-state index in [1.165, 1.54) is 0 Å². The van der Waals surface area contributed by atoms with Crippen molar-refractivity contribution in [3.8, 4) is 0 Å². The summed E-state index contributed by atoms with van der Waals surface area (Å²) in [6.07, 6.45) is 1.40. The third-order valence-corrected chi connectivity index (χ3v) is 5.37. The monoisotopic (exact) mass is 365 g/mol. The zero-order valence-corrected chi connectivity index (χ0v) is 16.0. The Hall–Kier alpha value is -2.82. The second-order valence-electron chi connectivity index (χ2n) is 7.09. The van der Waals surface area contributed by atoms with Crippen LogP contribution in [-0.4, -0.2) is 41.9 Å². The molecule has 1 saturated heterocycles. The molecule has 1 heterocycles. The predicted octanol–water partition coefficient (Wildman–Crippen LogP) is 4.15. The lowest BCUT2D eigenvalue weighted by Gasteiger charge is -2.35. The van der Waals surface area contributed by atoms with E-state index in [4.69, 9.17) is 0 Å². The van der Waals surface area contributed by atoms with Crippen molar-refractivity contribution < 1.29 is 9.59 Å². The predicted molar refractivity (Wildman–Crippen MR) is 107 cm³/mol. The summed E-state index contributed by atoms with van der Waals surface area (Å²) in [4.78, 5) is 28.9. The number of anilines is 1. The molecule has 2 aromatic carbocycles. The number of urea groups is 1. The van der Waals surface area contributed by atoms with E-state index < -0.39 is 0 Å². The Balaban J connectivity index is 1.52. The number of nitrogens with one attached hydrogen (secondary N) is 1. The maximum Gasteiger partial charge on any atom is 0.321 e. The molecule has 3 rings (SSSR count). The molecule has 1 aliphatic rings. The number of rotatable bonds is 4. The molecular formula is C22H27N3O2. The molecule has 0 aliphatic carbocycles. The number of para-hydroxylation sites is 1. The molecule has 1 N–H and O–H groups in total. The maximum atomic E-state index is 12.9. The number of amides is 3. The Labute approximate surface area is 161 Å². The van der Waals surface area contributed by atoms with Crippen molar-refractivity contribution >= 4 is 17.6 Å². The van der Waals surface area contributed by atoms with Crippen LogP contribution in [0.1, 0.15) is 31.4 Å². The number of piperidine rings is 1. The summed E-state index contributed by atoms with van der Waals surface area (Å²) >= 11 is 0. The minimum Gasteiger partial charge on any atom is -0.339 e. The fraction of sp³-hybridized carbons (Fsp3) is 0.364. The van der Waals surface area contributed by atoms with Crippen LogP contribution in [0, 0.1) is 5.92 Å². The van der Waals surface area contributed by atoms with Gasteiger partial charge in [-0.25, -0.2) is 4.79 Å². The van der Waals surface area contributed by atoms with Crippen LogP contribution in [0.4, 0.5) is 10.5 Å². The summed E-state index contributed by atoms with van der Waals surface area (Å²) in [5.74, 6) is 0.136. The Morgan fingerprint density at radius 3 is 2.15 bits per heavy atom. The standard InChI is InChI=1S/C22H27N3O2/c1-17(18-9-5-3-6-10-18)24(2)21(26)19-13-15-25(16-14-19)22(27)23-20-11-7-4-8-12-20/h3-12,17,19H,13-16H2,1-2H3,(H,23,27). The molecule has 3 amide bonds. The summed E-state index contributed by atoms with van der Waals surface area (Å²) in [5.41, 5.74) is 1.92. The van der Waals surface area contributed by atoms with Gasteiger partial charge in [-0.2, -0.15) is 0 Å². The first-order valence-corrected chi connectivity index (χ1v) is 9.49. The van der Waals surface area contributed by atoms with Crippen molar-refractivity contribution in [1.29, 1.82) is 0 Å². The highest BCUT2D eigenvalue weighted by Crippen LogP contribution is 2.25. The van der Waals surface area contributed by atoms with E-state index in [0.717, 1.165) is 11.3 Å². The first-order valence-electron chi connectivity index (χ1n) is 9.49. The number of nitrogens with zero attached hydrogens (tertiary/aromatic N) is 2. The molecule has 1 fully saturated rings. The maximum absolute atomic E-state index is 12.9. The van der Waals surface area contributed by atoms with Gasteiger partial charge < -0.3 is 15.1 Å². The Morgan fingerprint density at radius 2 is 1.56 bits per heavy atom. The average molecular weight is 365 g/mol. The number of hydrogen-bond acceptors (Lipinski definition) is 2. The third-order valence-electron chi connectivity index (χ3n) is 5.37. The zero-order valence-electron chi connectivity index (χ0n) is 16.0. The minimum atomic E-state index is -0.0990. The third kappa shape index (κ3) is 4.67. The van der Waals surface area contributed by atoms with Crippen LogP contribution >= 0.6 is 0 Å². The molecule has 0 spiro atoms. The van der Waals surface area contributed by atoms with Crippen LogP contribution in [-0.2, 0) is 4.79 Å². The Bertz CT molecular complexity index is 756. The molecule has 0 aromatic heterocycles. The largest absolute Gasteiger partial charge is 0.339 e. The van der Waals surface area contributed by atoms with Crippen molar-refractivity contribution in [3.63, 3.8) is 0 Å². The molecule has 5 heteroatoms. The molecule has 5 nitrogen and oxygen atoms in total. The second kappa shape index (κ2) is 8.71. The van der Waals surface area contributed by atoms with Crippen molar-refractivity contribution in [1.82, 2.24) is 9.80 Å². The van der Waals surface area contributed by atoms with Gasteiger partial charge >= 0.3 is 6.03 Å². The molecular weight excluding hydrogens is 338 g/mol. The quantitative estimate of drug-likeness (QED) is 0.885. The lowest BCUT2D eigenvalue weighted by Crippen LogP contribution is -2.45. The Morgan fingerprint density at radius 1 is 1.00 bits per heavy atom. The van der Waals surface area contributed by atoms with Gasteiger partial charge in [-0.15, -0.1) is 0 Å². The van der Waals surface area contributed by atoms with Crippen molar-refractivity contribution in [2.45, 2.75) is 25.8 Å². The highest BCUT2D eigenvalue weighted by atomic mass is 16.2. The van der Waals surface area contributed by atoms with Gasteiger partial charge in [0.15, 0.2) is 0 Å². The highest BCUT2D eigenvalue weighted by Gasteiger charge is 2.30. The van der Waals surface area contributed by atoms with Crippen LogP contribution in [0.15, 0.2) is 60.7 Å². The number of carbonyl (C=O) groups is 2. The van der Waals surface area contributed by atoms with E-state index in [2.05, 4.69) is 12.2 Å². The SMILES string of the molecule is CC(c1ccccc1)N(C)C(=O)C1CCN(C(=O)Nc2ccccc2)CC1. The topological polar surface area (TPSA) is 52.7 Å². The summed E-state index contributed by atoms with van der Waals surface area (Å²) in [5, 5.41) is 2.91. The van der Waals surface area contributed by atoms with Crippen molar-refractivity contribution in [3.05, 3.63) is 66.2 Å². The summed E-state index contributed by atoms with van der Waals surface area (Å²) < 4.78 is 0. The molecule has 0 radical (unpaired) electrons. The molecule has 0 bridgehead atoms. The van der Waals surface area contributed by atoms with Gasteiger partial charge in [0, 0.05) is 31.7 Å². The van der Waals surface area contributed by atoms with Gasteiger partial charge in [0.1, 0.15) is 0 Å². The number of hydrogen-bond donors (Lipinski definition) is 1. The zero-order chi connectivity index (χ0) is 19.2. The molecule has 2 aromatic rings. The first kappa shape index (κ1) is 19.0. The highest BCUT2D eigenvalue weighted by molar-refractivity contribution is 5.89. The smallest absolute Gasteiger partial charge is 0.321 e. The molecule has 0 saturated carbocycles. The van der Waals surface area contributed by atoms with E-state index in [1.54, 1.807) is 4.90 Å².